The molecule has 1 aromatic heterocycles. The Morgan fingerprint density at radius 1 is 1.24 bits per heavy atom. The number of alkyl halides is 3. The van der Waals surface area contributed by atoms with Gasteiger partial charge in [0.25, 0.3) is 0 Å². The van der Waals surface area contributed by atoms with Gasteiger partial charge in [0.1, 0.15) is 5.52 Å². The van der Waals surface area contributed by atoms with Crippen LogP contribution in [0.1, 0.15) is 15.9 Å². The SMILES string of the molecule is COC(=O)c1ccc2oc(-c3cc(C(F)(F)F)cc(O)c3F)nc2c1. The van der Waals surface area contributed by atoms with Crippen LogP contribution in [0.3, 0.4) is 0 Å². The van der Waals surface area contributed by atoms with Gasteiger partial charge in [0.2, 0.25) is 5.89 Å². The van der Waals surface area contributed by atoms with Gasteiger partial charge in [0.05, 0.1) is 23.8 Å². The van der Waals surface area contributed by atoms with Crippen LogP contribution < -0.4 is 0 Å². The highest BCUT2D eigenvalue weighted by Gasteiger charge is 2.33. The van der Waals surface area contributed by atoms with Crippen molar-refractivity contribution in [3.05, 3.63) is 47.3 Å². The highest BCUT2D eigenvalue weighted by molar-refractivity contribution is 5.93. The van der Waals surface area contributed by atoms with Crippen molar-refractivity contribution in [2.24, 2.45) is 0 Å². The summed E-state index contributed by atoms with van der Waals surface area (Å²) < 4.78 is 62.4. The van der Waals surface area contributed by atoms with Gasteiger partial charge in [0, 0.05) is 0 Å². The predicted octanol–water partition coefficient (Wildman–Crippen LogP) is 4.14. The summed E-state index contributed by atoms with van der Waals surface area (Å²) in [6.07, 6.45) is -4.79. The fourth-order valence-corrected chi connectivity index (χ4v) is 2.22. The van der Waals surface area contributed by atoms with Crippen molar-refractivity contribution in [3.8, 4) is 17.2 Å². The Morgan fingerprint density at radius 2 is 1.96 bits per heavy atom. The smallest absolute Gasteiger partial charge is 0.416 e. The van der Waals surface area contributed by atoms with Crippen molar-refractivity contribution in [1.29, 1.82) is 0 Å². The molecule has 0 spiro atoms. The van der Waals surface area contributed by atoms with Gasteiger partial charge in [-0.15, -0.1) is 0 Å². The molecule has 0 atom stereocenters. The van der Waals surface area contributed by atoms with Crippen molar-refractivity contribution < 1.29 is 36.6 Å². The molecular formula is C16H9F4NO4. The van der Waals surface area contributed by atoms with Gasteiger partial charge in [-0.05, 0) is 30.3 Å². The maximum absolute atomic E-state index is 14.1. The van der Waals surface area contributed by atoms with Gasteiger partial charge in [-0.2, -0.15) is 13.2 Å². The lowest BCUT2D eigenvalue weighted by Crippen LogP contribution is -2.05. The first-order chi connectivity index (χ1) is 11.7. The predicted molar refractivity (Wildman–Crippen MR) is 77.4 cm³/mol. The summed E-state index contributed by atoms with van der Waals surface area (Å²) in [5.74, 6) is -3.58. The lowest BCUT2D eigenvalue weighted by molar-refractivity contribution is -0.137. The minimum Gasteiger partial charge on any atom is -0.505 e. The second kappa shape index (κ2) is 5.76. The van der Waals surface area contributed by atoms with E-state index >= 15 is 0 Å². The number of hydrogen-bond acceptors (Lipinski definition) is 5. The van der Waals surface area contributed by atoms with E-state index in [-0.39, 0.29) is 22.7 Å². The summed E-state index contributed by atoms with van der Waals surface area (Å²) >= 11 is 0. The highest BCUT2D eigenvalue weighted by atomic mass is 19.4. The minimum absolute atomic E-state index is 0.120. The average Bonchev–Trinajstić information content (AvgIpc) is 2.98. The van der Waals surface area contributed by atoms with Crippen molar-refractivity contribution in [2.75, 3.05) is 7.11 Å². The molecule has 9 heteroatoms. The van der Waals surface area contributed by atoms with E-state index in [9.17, 15) is 27.5 Å². The molecule has 0 saturated carbocycles. The van der Waals surface area contributed by atoms with Crippen LogP contribution in [0.4, 0.5) is 17.6 Å². The first-order valence-electron chi connectivity index (χ1n) is 6.79. The number of nitrogens with zero attached hydrogens (tertiary/aromatic N) is 1. The molecule has 0 saturated heterocycles. The van der Waals surface area contributed by atoms with Gasteiger partial charge in [-0.3, -0.25) is 0 Å². The number of benzene rings is 2. The normalized spacial score (nSPS) is 11.7. The number of hydrogen-bond donors (Lipinski definition) is 1. The van der Waals surface area contributed by atoms with Crippen molar-refractivity contribution in [3.63, 3.8) is 0 Å². The van der Waals surface area contributed by atoms with Crippen molar-refractivity contribution in [1.82, 2.24) is 4.98 Å². The Labute approximate surface area is 137 Å². The van der Waals surface area contributed by atoms with Crippen LogP contribution >= 0.6 is 0 Å². The maximum Gasteiger partial charge on any atom is 0.416 e. The van der Waals surface area contributed by atoms with Crippen LogP contribution in [0.5, 0.6) is 5.75 Å². The van der Waals surface area contributed by atoms with Gasteiger partial charge in [0.15, 0.2) is 17.1 Å². The summed E-state index contributed by atoms with van der Waals surface area (Å²) in [4.78, 5) is 15.4. The van der Waals surface area contributed by atoms with E-state index in [0.29, 0.717) is 6.07 Å². The molecule has 3 aromatic rings. The zero-order chi connectivity index (χ0) is 18.4. The van der Waals surface area contributed by atoms with Gasteiger partial charge < -0.3 is 14.3 Å². The first kappa shape index (κ1) is 16.7. The standard InChI is InChI=1S/C16H9F4NO4/c1-24-15(23)7-2-3-12-10(4-7)21-14(25-12)9-5-8(16(18,19)20)6-11(22)13(9)17/h2-6,22H,1H3. The molecule has 5 nitrogen and oxygen atoms in total. The number of rotatable bonds is 2. The topological polar surface area (TPSA) is 72.6 Å². The zero-order valence-electron chi connectivity index (χ0n) is 12.5. The fourth-order valence-electron chi connectivity index (χ4n) is 2.22. The summed E-state index contributed by atoms with van der Waals surface area (Å²) in [6, 6.07) is 4.77. The molecule has 0 aliphatic heterocycles. The Kier molecular flexibility index (Phi) is 3.86. The van der Waals surface area contributed by atoms with E-state index in [4.69, 9.17) is 4.42 Å². The lowest BCUT2D eigenvalue weighted by atomic mass is 10.1. The molecule has 0 amide bonds. The Morgan fingerprint density at radius 3 is 2.60 bits per heavy atom. The molecule has 0 radical (unpaired) electrons. The number of phenols is 1. The first-order valence-corrected chi connectivity index (χ1v) is 6.79. The molecule has 1 N–H and O–H groups in total. The van der Waals surface area contributed by atoms with E-state index in [1.807, 2.05) is 0 Å². The van der Waals surface area contributed by atoms with E-state index in [0.717, 1.165) is 0 Å². The van der Waals surface area contributed by atoms with E-state index in [2.05, 4.69) is 9.72 Å². The number of aromatic hydroxyl groups is 1. The van der Waals surface area contributed by atoms with Gasteiger partial charge >= 0.3 is 12.1 Å². The Hall–Kier alpha value is -3.10. The van der Waals surface area contributed by atoms with Crippen LogP contribution in [-0.2, 0) is 10.9 Å². The third-order valence-electron chi connectivity index (χ3n) is 3.42. The molecular weight excluding hydrogens is 346 g/mol. The number of oxazole rings is 1. The molecule has 0 unspecified atom stereocenters. The maximum atomic E-state index is 14.1. The quantitative estimate of drug-likeness (QED) is 0.552. The molecule has 0 aliphatic rings. The van der Waals surface area contributed by atoms with E-state index in [1.54, 1.807) is 0 Å². The number of aromatic nitrogens is 1. The molecule has 130 valence electrons. The minimum atomic E-state index is -4.79. The zero-order valence-corrected chi connectivity index (χ0v) is 12.5. The molecule has 2 aromatic carbocycles. The summed E-state index contributed by atoms with van der Waals surface area (Å²) in [5, 5.41) is 9.42. The van der Waals surface area contributed by atoms with Gasteiger partial charge in [-0.25, -0.2) is 14.2 Å². The number of ether oxygens (including phenoxy) is 1. The molecule has 0 fully saturated rings. The van der Waals surface area contributed by atoms with Crippen LogP contribution in [-0.4, -0.2) is 23.2 Å². The van der Waals surface area contributed by atoms with Crippen LogP contribution in [0, 0.1) is 5.82 Å². The average molecular weight is 355 g/mol. The third-order valence-corrected chi connectivity index (χ3v) is 3.42. The number of methoxy groups -OCH3 is 1. The van der Waals surface area contributed by atoms with Crippen LogP contribution in [0.25, 0.3) is 22.6 Å². The number of fused-ring (bicyclic) bond motifs is 1. The monoisotopic (exact) mass is 355 g/mol. The van der Waals surface area contributed by atoms with Crippen molar-refractivity contribution in [2.45, 2.75) is 6.18 Å². The number of phenolic OH excluding ortho intramolecular Hbond substituents is 1. The second-order valence-electron chi connectivity index (χ2n) is 5.05. The second-order valence-corrected chi connectivity index (χ2v) is 5.05. The Bertz CT molecular complexity index is 978. The largest absolute Gasteiger partial charge is 0.505 e. The molecule has 3 rings (SSSR count). The number of esters is 1. The van der Waals surface area contributed by atoms with Crippen LogP contribution in [0.2, 0.25) is 0 Å². The number of halogens is 4. The number of carbonyl (C=O) groups is 1. The van der Waals surface area contributed by atoms with E-state index in [1.165, 1.54) is 25.3 Å². The van der Waals surface area contributed by atoms with E-state index < -0.39 is 40.7 Å². The highest BCUT2D eigenvalue weighted by Crippen LogP contribution is 2.38. The fraction of sp³-hybridized carbons (Fsp3) is 0.125. The number of carbonyl (C=O) groups excluding carboxylic acids is 1. The third kappa shape index (κ3) is 3.00. The summed E-state index contributed by atoms with van der Waals surface area (Å²) in [6.45, 7) is 0. The van der Waals surface area contributed by atoms with Crippen molar-refractivity contribution >= 4 is 17.1 Å². The Balaban J connectivity index is 2.16. The molecule has 25 heavy (non-hydrogen) atoms. The molecule has 0 aliphatic carbocycles. The molecule has 0 bridgehead atoms. The summed E-state index contributed by atoms with van der Waals surface area (Å²) in [5.41, 5.74) is -1.52. The van der Waals surface area contributed by atoms with Gasteiger partial charge in [-0.1, -0.05) is 0 Å². The van der Waals surface area contributed by atoms with Crippen LogP contribution in [0.15, 0.2) is 34.7 Å². The molecule has 1 heterocycles. The summed E-state index contributed by atoms with van der Waals surface area (Å²) in [7, 11) is 1.18. The lowest BCUT2D eigenvalue weighted by Gasteiger charge is -2.09.